The van der Waals surface area contributed by atoms with Gasteiger partial charge in [0.2, 0.25) is 0 Å². The summed E-state index contributed by atoms with van der Waals surface area (Å²) in [6, 6.07) is 17.7. The van der Waals surface area contributed by atoms with Gasteiger partial charge in [-0.25, -0.2) is 9.18 Å². The van der Waals surface area contributed by atoms with E-state index in [4.69, 9.17) is 0 Å². The van der Waals surface area contributed by atoms with Crippen LogP contribution in [0.1, 0.15) is 37.7 Å². The van der Waals surface area contributed by atoms with Crippen molar-refractivity contribution in [3.05, 3.63) is 66.0 Å². The Morgan fingerprint density at radius 2 is 1.79 bits per heavy atom. The van der Waals surface area contributed by atoms with Crippen molar-refractivity contribution in [3.8, 4) is 0 Å². The number of piperidine rings is 2. The predicted molar refractivity (Wildman–Crippen MR) is 110 cm³/mol. The molecule has 2 unspecified atom stereocenters. The van der Waals surface area contributed by atoms with Crippen LogP contribution >= 0.6 is 0 Å². The van der Waals surface area contributed by atoms with Crippen molar-refractivity contribution < 1.29 is 9.18 Å². The zero-order valence-corrected chi connectivity index (χ0v) is 16.1. The average molecular weight is 381 g/mol. The molecule has 2 aromatic rings. The number of carbonyl (C=O) groups is 1. The molecule has 2 N–H and O–H groups in total. The van der Waals surface area contributed by atoms with Crippen LogP contribution in [0, 0.1) is 5.82 Å². The Labute approximate surface area is 166 Å². The number of carbonyl (C=O) groups excluding carboxylic acids is 1. The number of amides is 2. The van der Waals surface area contributed by atoms with E-state index in [1.54, 1.807) is 12.1 Å². The van der Waals surface area contributed by atoms with Gasteiger partial charge in [0.05, 0.1) is 0 Å². The van der Waals surface area contributed by atoms with Gasteiger partial charge in [-0.3, -0.25) is 4.90 Å². The van der Waals surface area contributed by atoms with Crippen LogP contribution in [0.5, 0.6) is 0 Å². The minimum absolute atomic E-state index is 0.178. The Morgan fingerprint density at radius 3 is 2.50 bits per heavy atom. The Bertz CT molecular complexity index is 783. The molecule has 2 bridgehead atoms. The third-order valence-electron chi connectivity index (χ3n) is 6.05. The lowest BCUT2D eigenvalue weighted by molar-refractivity contribution is 0.0280. The summed E-state index contributed by atoms with van der Waals surface area (Å²) in [7, 11) is 0. The number of hydrogen-bond acceptors (Lipinski definition) is 2. The van der Waals surface area contributed by atoms with E-state index in [2.05, 4.69) is 45.9 Å². The first kappa shape index (κ1) is 18.9. The Kier molecular flexibility index (Phi) is 5.91. The van der Waals surface area contributed by atoms with Gasteiger partial charge in [-0.1, -0.05) is 42.8 Å². The van der Waals surface area contributed by atoms with Gasteiger partial charge in [0.25, 0.3) is 0 Å². The number of benzene rings is 2. The normalized spacial score (nSPS) is 24.5. The number of anilines is 1. The third-order valence-corrected chi connectivity index (χ3v) is 6.05. The van der Waals surface area contributed by atoms with E-state index in [0.29, 0.717) is 17.8 Å². The fourth-order valence-electron chi connectivity index (χ4n) is 4.78. The molecule has 2 saturated heterocycles. The maximum Gasteiger partial charge on any atom is 0.319 e. The summed E-state index contributed by atoms with van der Waals surface area (Å²) < 4.78 is 13.3. The van der Waals surface area contributed by atoms with E-state index in [0.717, 1.165) is 25.8 Å². The van der Waals surface area contributed by atoms with Crippen molar-refractivity contribution in [1.82, 2.24) is 10.2 Å². The Hall–Kier alpha value is -2.40. The van der Waals surface area contributed by atoms with Gasteiger partial charge in [0.1, 0.15) is 5.82 Å². The topological polar surface area (TPSA) is 44.4 Å². The Morgan fingerprint density at radius 1 is 1.04 bits per heavy atom. The number of rotatable bonds is 5. The molecule has 2 atom stereocenters. The highest BCUT2D eigenvalue weighted by Gasteiger charge is 2.38. The number of fused-ring (bicyclic) bond motifs is 2. The van der Waals surface area contributed by atoms with Crippen molar-refractivity contribution in [3.63, 3.8) is 0 Å². The zero-order chi connectivity index (χ0) is 19.3. The highest BCUT2D eigenvalue weighted by molar-refractivity contribution is 5.89. The zero-order valence-electron chi connectivity index (χ0n) is 16.1. The smallest absolute Gasteiger partial charge is 0.319 e. The number of halogens is 1. The molecule has 2 aliphatic heterocycles. The molecule has 0 aliphatic carbocycles. The number of nitrogens with one attached hydrogen (secondary N) is 2. The van der Waals surface area contributed by atoms with Crippen LogP contribution in [0.25, 0.3) is 0 Å². The standard InChI is InChI=1S/C23H28FN3O/c24-18-8-4-9-19(14-18)25-23(28)26-20-15-21-10-5-11-22(16-20)27(21)13-12-17-6-2-1-3-7-17/h1-4,6-9,14,20-22H,5,10-13,15-16H2,(H2,25,26,28). The fraction of sp³-hybridized carbons (Fsp3) is 0.435. The van der Waals surface area contributed by atoms with Gasteiger partial charge >= 0.3 is 6.03 Å². The quantitative estimate of drug-likeness (QED) is 0.796. The molecule has 4 nitrogen and oxygen atoms in total. The molecular weight excluding hydrogens is 353 g/mol. The van der Waals surface area contributed by atoms with Gasteiger partial charge in [-0.15, -0.1) is 0 Å². The van der Waals surface area contributed by atoms with E-state index in [9.17, 15) is 9.18 Å². The fourth-order valence-corrected chi connectivity index (χ4v) is 4.78. The van der Waals surface area contributed by atoms with Crippen molar-refractivity contribution in [1.29, 1.82) is 0 Å². The van der Waals surface area contributed by atoms with Gasteiger partial charge in [0.15, 0.2) is 0 Å². The maximum atomic E-state index is 13.3. The first-order valence-electron chi connectivity index (χ1n) is 10.3. The van der Waals surface area contributed by atoms with Crippen LogP contribution < -0.4 is 10.6 Å². The summed E-state index contributed by atoms with van der Waals surface area (Å²) in [5, 5.41) is 5.86. The third kappa shape index (κ3) is 4.71. The predicted octanol–water partition coefficient (Wildman–Crippen LogP) is 4.58. The van der Waals surface area contributed by atoms with Gasteiger partial charge in [0, 0.05) is 30.4 Å². The van der Waals surface area contributed by atoms with Crippen LogP contribution in [0.15, 0.2) is 54.6 Å². The molecule has 0 spiro atoms. The van der Waals surface area contributed by atoms with Crippen molar-refractivity contribution >= 4 is 11.7 Å². The van der Waals surface area contributed by atoms with Crippen LogP contribution in [-0.2, 0) is 6.42 Å². The largest absolute Gasteiger partial charge is 0.335 e. The molecule has 28 heavy (non-hydrogen) atoms. The van der Waals surface area contributed by atoms with Crippen LogP contribution in [0.2, 0.25) is 0 Å². The van der Waals surface area contributed by atoms with Crippen LogP contribution in [0.4, 0.5) is 14.9 Å². The summed E-state index contributed by atoms with van der Waals surface area (Å²) in [6.45, 7) is 1.08. The lowest BCUT2D eigenvalue weighted by Crippen LogP contribution is -2.57. The Balaban J connectivity index is 1.32. The lowest BCUT2D eigenvalue weighted by Gasteiger charge is -2.49. The molecule has 2 aromatic carbocycles. The van der Waals surface area contributed by atoms with Crippen LogP contribution in [-0.4, -0.2) is 35.6 Å². The minimum Gasteiger partial charge on any atom is -0.335 e. The highest BCUT2D eigenvalue weighted by Crippen LogP contribution is 2.34. The monoisotopic (exact) mass is 381 g/mol. The second kappa shape index (κ2) is 8.74. The van der Waals surface area contributed by atoms with E-state index in [-0.39, 0.29) is 17.9 Å². The summed E-state index contributed by atoms with van der Waals surface area (Å²) in [6.07, 6.45) is 6.74. The number of nitrogens with zero attached hydrogens (tertiary/aromatic N) is 1. The van der Waals surface area contributed by atoms with E-state index < -0.39 is 0 Å². The molecule has 2 heterocycles. The van der Waals surface area contributed by atoms with Gasteiger partial charge in [-0.05, 0) is 55.9 Å². The molecule has 148 valence electrons. The second-order valence-corrected chi connectivity index (χ2v) is 7.99. The number of urea groups is 1. The summed E-state index contributed by atoms with van der Waals surface area (Å²) >= 11 is 0. The summed E-state index contributed by atoms with van der Waals surface area (Å²) in [4.78, 5) is 15.0. The molecule has 2 fully saturated rings. The van der Waals surface area contributed by atoms with Crippen molar-refractivity contribution in [2.45, 2.75) is 56.7 Å². The molecule has 2 aliphatic rings. The highest BCUT2D eigenvalue weighted by atomic mass is 19.1. The first-order valence-corrected chi connectivity index (χ1v) is 10.3. The van der Waals surface area contributed by atoms with Crippen molar-refractivity contribution in [2.24, 2.45) is 0 Å². The molecular formula is C23H28FN3O. The second-order valence-electron chi connectivity index (χ2n) is 7.99. The molecule has 0 radical (unpaired) electrons. The molecule has 0 aromatic heterocycles. The molecule has 4 rings (SSSR count). The molecule has 0 saturated carbocycles. The average Bonchev–Trinajstić information content (AvgIpc) is 2.67. The van der Waals surface area contributed by atoms with E-state index in [1.165, 1.54) is 37.0 Å². The first-order chi connectivity index (χ1) is 13.7. The summed E-state index contributed by atoms with van der Waals surface area (Å²) in [5.74, 6) is -0.348. The summed E-state index contributed by atoms with van der Waals surface area (Å²) in [5.41, 5.74) is 1.87. The van der Waals surface area contributed by atoms with Crippen LogP contribution in [0.3, 0.4) is 0 Å². The van der Waals surface area contributed by atoms with Gasteiger partial charge < -0.3 is 10.6 Å². The van der Waals surface area contributed by atoms with Crippen molar-refractivity contribution in [2.75, 3.05) is 11.9 Å². The minimum atomic E-state index is -0.348. The van der Waals surface area contributed by atoms with E-state index in [1.807, 2.05) is 0 Å². The molecule has 5 heteroatoms. The number of hydrogen-bond donors (Lipinski definition) is 2. The molecule has 2 amide bonds. The van der Waals surface area contributed by atoms with E-state index >= 15 is 0 Å². The SMILES string of the molecule is O=C(Nc1cccc(F)c1)NC1CC2CCCC(C1)N2CCc1ccccc1. The maximum absolute atomic E-state index is 13.3. The lowest BCUT2D eigenvalue weighted by atomic mass is 9.81. The van der Waals surface area contributed by atoms with Gasteiger partial charge in [-0.2, -0.15) is 0 Å².